The Hall–Kier alpha value is -1.11. The average molecular weight is 350 g/mol. The van der Waals surface area contributed by atoms with Gasteiger partial charge < -0.3 is 15.7 Å². The third-order valence-electron chi connectivity index (χ3n) is 2.32. The molecule has 0 heterocycles. The zero-order valence-electron chi connectivity index (χ0n) is 10.2. The van der Waals surface area contributed by atoms with E-state index in [0.717, 1.165) is 0 Å². The van der Waals surface area contributed by atoms with Crippen molar-refractivity contribution in [2.24, 2.45) is 0 Å². The van der Waals surface area contributed by atoms with Crippen molar-refractivity contribution in [1.82, 2.24) is 5.32 Å². The number of aliphatic hydroxyl groups is 1. The number of benzene rings is 1. The second-order valence-electron chi connectivity index (χ2n) is 3.97. The van der Waals surface area contributed by atoms with E-state index in [4.69, 9.17) is 16.7 Å². The van der Waals surface area contributed by atoms with E-state index in [9.17, 15) is 9.59 Å². The molecule has 0 aliphatic carbocycles. The third-order valence-corrected chi connectivity index (χ3v) is 3.56. The highest BCUT2D eigenvalue weighted by atomic mass is 79.9. The molecule has 7 heteroatoms. The number of rotatable bonds is 4. The summed E-state index contributed by atoms with van der Waals surface area (Å²) in [4.78, 5) is 23.1. The lowest BCUT2D eigenvalue weighted by Gasteiger charge is -2.12. The predicted molar refractivity (Wildman–Crippen MR) is 77.1 cm³/mol. The minimum absolute atomic E-state index is 0.0502. The van der Waals surface area contributed by atoms with E-state index < -0.39 is 11.8 Å². The van der Waals surface area contributed by atoms with E-state index >= 15 is 0 Å². The van der Waals surface area contributed by atoms with Gasteiger partial charge in [0, 0.05) is 22.8 Å². The molecule has 0 aliphatic heterocycles. The second kappa shape index (κ2) is 7.47. The van der Waals surface area contributed by atoms with Crippen molar-refractivity contribution in [1.29, 1.82) is 0 Å². The van der Waals surface area contributed by atoms with Crippen molar-refractivity contribution < 1.29 is 14.7 Å². The summed E-state index contributed by atoms with van der Waals surface area (Å²) in [7, 11) is 0. The molecule has 3 N–H and O–H groups in total. The number of halogens is 2. The molecule has 5 nitrogen and oxygen atoms in total. The van der Waals surface area contributed by atoms with Crippen molar-refractivity contribution in [3.8, 4) is 0 Å². The zero-order valence-corrected chi connectivity index (χ0v) is 12.6. The first-order chi connectivity index (χ1) is 8.93. The Labute approximate surface area is 124 Å². The Kier molecular flexibility index (Phi) is 6.27. The summed E-state index contributed by atoms with van der Waals surface area (Å²) >= 11 is 9.10. The summed E-state index contributed by atoms with van der Waals surface area (Å²) in [6.45, 7) is 1.66. The smallest absolute Gasteiger partial charge is 0.313 e. The van der Waals surface area contributed by atoms with E-state index in [-0.39, 0.29) is 12.6 Å². The fraction of sp³-hybridized carbons (Fsp3) is 0.333. The molecule has 0 bridgehead atoms. The monoisotopic (exact) mass is 348 g/mol. The Morgan fingerprint density at radius 2 is 2.11 bits per heavy atom. The molecule has 0 spiro atoms. The van der Waals surface area contributed by atoms with Gasteiger partial charge in [-0.15, -0.1) is 0 Å². The van der Waals surface area contributed by atoms with Gasteiger partial charge in [0.2, 0.25) is 0 Å². The lowest BCUT2D eigenvalue weighted by atomic mass is 10.2. The second-order valence-corrected chi connectivity index (χ2v) is 5.23. The van der Waals surface area contributed by atoms with Gasteiger partial charge >= 0.3 is 11.8 Å². The molecule has 2 amide bonds. The number of carbonyl (C=O) groups excluding carboxylic acids is 2. The van der Waals surface area contributed by atoms with Crippen LogP contribution in [0.5, 0.6) is 0 Å². The summed E-state index contributed by atoms with van der Waals surface area (Å²) in [5.41, 5.74) is 0.433. The Balaban J connectivity index is 2.58. The third kappa shape index (κ3) is 5.18. The summed E-state index contributed by atoms with van der Waals surface area (Å²) < 4.78 is 0.702. The molecule has 0 fully saturated rings. The summed E-state index contributed by atoms with van der Waals surface area (Å²) in [5, 5.41) is 14.1. The van der Waals surface area contributed by atoms with Crippen LogP contribution in [0.4, 0.5) is 5.69 Å². The summed E-state index contributed by atoms with van der Waals surface area (Å²) in [6, 6.07) is 4.56. The normalized spacial score (nSPS) is 11.8. The zero-order chi connectivity index (χ0) is 14.4. The van der Waals surface area contributed by atoms with Crippen molar-refractivity contribution in [2.45, 2.75) is 19.4 Å². The Morgan fingerprint density at radius 3 is 2.68 bits per heavy atom. The van der Waals surface area contributed by atoms with E-state index in [1.807, 2.05) is 0 Å². The molecule has 0 saturated carbocycles. The van der Waals surface area contributed by atoms with Gasteiger partial charge in [-0.05, 0) is 47.5 Å². The minimum atomic E-state index is -0.775. The van der Waals surface area contributed by atoms with Crippen LogP contribution in [-0.2, 0) is 9.59 Å². The number of aliphatic hydroxyl groups excluding tert-OH is 1. The quantitative estimate of drug-likeness (QED) is 0.727. The molecule has 1 aromatic carbocycles. The molecule has 104 valence electrons. The molecular formula is C12H14BrClN2O3. The van der Waals surface area contributed by atoms with Crippen molar-refractivity contribution in [3.63, 3.8) is 0 Å². The van der Waals surface area contributed by atoms with Crippen LogP contribution in [0.3, 0.4) is 0 Å². The van der Waals surface area contributed by atoms with E-state index in [1.54, 1.807) is 19.1 Å². The maximum Gasteiger partial charge on any atom is 0.313 e. The van der Waals surface area contributed by atoms with Gasteiger partial charge in [-0.3, -0.25) is 9.59 Å². The fourth-order valence-corrected chi connectivity index (χ4v) is 1.74. The lowest BCUT2D eigenvalue weighted by Crippen LogP contribution is -2.40. The Bertz CT molecular complexity index is 482. The molecule has 19 heavy (non-hydrogen) atoms. The highest BCUT2D eigenvalue weighted by Crippen LogP contribution is 2.25. The highest BCUT2D eigenvalue weighted by Gasteiger charge is 2.16. The SMILES string of the molecule is C[C@H](CCO)NC(=O)C(=O)Nc1ccc(Br)c(Cl)c1. The highest BCUT2D eigenvalue weighted by molar-refractivity contribution is 9.10. The maximum atomic E-state index is 11.6. The Morgan fingerprint density at radius 1 is 1.42 bits per heavy atom. The van der Waals surface area contributed by atoms with Crippen molar-refractivity contribution >= 4 is 45.0 Å². The van der Waals surface area contributed by atoms with Crippen LogP contribution < -0.4 is 10.6 Å². The topological polar surface area (TPSA) is 78.4 Å². The number of hydrogen-bond acceptors (Lipinski definition) is 3. The van der Waals surface area contributed by atoms with Crippen LogP contribution in [0.15, 0.2) is 22.7 Å². The lowest BCUT2D eigenvalue weighted by molar-refractivity contribution is -0.136. The first kappa shape index (κ1) is 15.9. The minimum Gasteiger partial charge on any atom is -0.396 e. The van der Waals surface area contributed by atoms with Crippen LogP contribution in [0.2, 0.25) is 5.02 Å². The molecule has 1 atom stereocenters. The molecule has 0 saturated heterocycles. The molecular weight excluding hydrogens is 336 g/mol. The number of hydrogen-bond donors (Lipinski definition) is 3. The summed E-state index contributed by atoms with van der Waals surface area (Å²) in [5.74, 6) is -1.52. The number of anilines is 1. The molecule has 1 rings (SSSR count). The number of carbonyl (C=O) groups is 2. The molecule has 0 aliphatic rings. The van der Waals surface area contributed by atoms with Gasteiger partial charge in [0.15, 0.2) is 0 Å². The van der Waals surface area contributed by atoms with Crippen molar-refractivity contribution in [2.75, 3.05) is 11.9 Å². The molecule has 0 radical (unpaired) electrons. The molecule has 1 aromatic rings. The summed E-state index contributed by atoms with van der Waals surface area (Å²) in [6.07, 6.45) is 0.392. The largest absolute Gasteiger partial charge is 0.396 e. The van der Waals surface area contributed by atoms with Crippen LogP contribution in [0.25, 0.3) is 0 Å². The number of amides is 2. The van der Waals surface area contributed by atoms with Gasteiger partial charge in [0.25, 0.3) is 0 Å². The van der Waals surface area contributed by atoms with Crippen LogP contribution in [0.1, 0.15) is 13.3 Å². The fourth-order valence-electron chi connectivity index (χ4n) is 1.32. The van der Waals surface area contributed by atoms with Gasteiger partial charge in [0.1, 0.15) is 0 Å². The van der Waals surface area contributed by atoms with Crippen LogP contribution >= 0.6 is 27.5 Å². The predicted octanol–water partition coefficient (Wildman–Crippen LogP) is 1.93. The first-order valence-corrected chi connectivity index (χ1v) is 6.79. The van der Waals surface area contributed by atoms with Crippen molar-refractivity contribution in [3.05, 3.63) is 27.7 Å². The number of nitrogens with one attached hydrogen (secondary N) is 2. The average Bonchev–Trinajstić information content (AvgIpc) is 2.34. The van der Waals surface area contributed by atoms with E-state index in [1.165, 1.54) is 6.07 Å². The van der Waals surface area contributed by atoms with E-state index in [0.29, 0.717) is 21.6 Å². The van der Waals surface area contributed by atoms with Gasteiger partial charge in [-0.25, -0.2) is 0 Å². The van der Waals surface area contributed by atoms with Crippen LogP contribution in [0, 0.1) is 0 Å². The van der Waals surface area contributed by atoms with Gasteiger partial charge in [-0.1, -0.05) is 11.6 Å². The molecule has 0 unspecified atom stereocenters. The van der Waals surface area contributed by atoms with E-state index in [2.05, 4.69) is 26.6 Å². The van der Waals surface area contributed by atoms with Gasteiger partial charge in [-0.2, -0.15) is 0 Å². The standard InChI is InChI=1S/C12H14BrClN2O3/c1-7(4-5-17)15-11(18)12(19)16-8-2-3-9(13)10(14)6-8/h2-3,6-7,17H,4-5H2,1H3,(H,15,18)(H,16,19)/t7-/m1/s1. The first-order valence-electron chi connectivity index (χ1n) is 5.61. The van der Waals surface area contributed by atoms with Gasteiger partial charge in [0.05, 0.1) is 5.02 Å². The maximum absolute atomic E-state index is 11.6. The van der Waals surface area contributed by atoms with Crippen LogP contribution in [-0.4, -0.2) is 29.6 Å². The molecule has 0 aromatic heterocycles.